The Kier molecular flexibility index (Phi) is 3.71. The van der Waals surface area contributed by atoms with Gasteiger partial charge in [0.1, 0.15) is 0 Å². The molecule has 1 rings (SSSR count). The average molecular weight is 186 g/mol. The molecule has 0 heterocycles. The molecule has 3 nitrogen and oxygen atoms in total. The van der Waals surface area contributed by atoms with Crippen molar-refractivity contribution in [2.45, 2.75) is 38.3 Å². The largest absolute Gasteiger partial charge is 0.378 e. The third-order valence-electron chi connectivity index (χ3n) is 3.28. The molecule has 0 atom stereocenters. The van der Waals surface area contributed by atoms with Gasteiger partial charge in [-0.1, -0.05) is 6.92 Å². The van der Waals surface area contributed by atoms with Crippen LogP contribution in [0, 0.1) is 0 Å². The van der Waals surface area contributed by atoms with Crippen molar-refractivity contribution in [3.63, 3.8) is 0 Å². The highest BCUT2D eigenvalue weighted by Gasteiger charge is 2.46. The van der Waals surface area contributed by atoms with E-state index in [4.69, 9.17) is 10.5 Å². The highest BCUT2D eigenvalue weighted by molar-refractivity contribution is 5.03. The first-order valence-corrected chi connectivity index (χ1v) is 5.21. The predicted molar refractivity (Wildman–Crippen MR) is 54.7 cm³/mol. The van der Waals surface area contributed by atoms with E-state index >= 15 is 0 Å². The van der Waals surface area contributed by atoms with Crippen molar-refractivity contribution in [3.8, 4) is 0 Å². The number of nitrogens with two attached hydrogens (primary N) is 1. The van der Waals surface area contributed by atoms with Crippen LogP contribution in [-0.2, 0) is 4.74 Å². The van der Waals surface area contributed by atoms with Crippen molar-refractivity contribution in [1.82, 2.24) is 4.90 Å². The summed E-state index contributed by atoms with van der Waals surface area (Å²) in [7, 11) is 2.15. The van der Waals surface area contributed by atoms with Crippen molar-refractivity contribution in [3.05, 3.63) is 0 Å². The third-order valence-corrected chi connectivity index (χ3v) is 3.28. The minimum atomic E-state index is 0.231. The summed E-state index contributed by atoms with van der Waals surface area (Å²) in [6, 6.07) is 0. The predicted octanol–water partition coefficient (Wildman–Crippen LogP) is 0.834. The van der Waals surface area contributed by atoms with Crippen LogP contribution in [0.4, 0.5) is 0 Å². The summed E-state index contributed by atoms with van der Waals surface area (Å²) in [5.74, 6) is 0. The first kappa shape index (κ1) is 11.0. The summed E-state index contributed by atoms with van der Waals surface area (Å²) in [4.78, 5) is 2.35. The van der Waals surface area contributed by atoms with Gasteiger partial charge in [0, 0.05) is 18.7 Å². The van der Waals surface area contributed by atoms with Crippen molar-refractivity contribution >= 4 is 0 Å². The van der Waals surface area contributed by atoms with Crippen LogP contribution in [0.2, 0.25) is 0 Å². The fraction of sp³-hybridized carbons (Fsp3) is 1.00. The van der Waals surface area contributed by atoms with Crippen LogP contribution in [-0.4, -0.2) is 43.3 Å². The van der Waals surface area contributed by atoms with Gasteiger partial charge in [-0.3, -0.25) is 4.90 Å². The smallest absolute Gasteiger partial charge is 0.0611 e. The van der Waals surface area contributed by atoms with E-state index in [1.165, 1.54) is 0 Å². The van der Waals surface area contributed by atoms with E-state index in [0.717, 1.165) is 32.5 Å². The maximum Gasteiger partial charge on any atom is 0.0611 e. The molecule has 1 aliphatic carbocycles. The molecule has 0 aromatic carbocycles. The Morgan fingerprint density at radius 3 is 2.46 bits per heavy atom. The Bertz CT molecular complexity index is 155. The molecule has 0 aromatic heterocycles. The lowest BCUT2D eigenvalue weighted by Crippen LogP contribution is -2.62. The van der Waals surface area contributed by atoms with E-state index in [1.807, 2.05) is 6.92 Å². The molecule has 0 radical (unpaired) electrons. The van der Waals surface area contributed by atoms with Gasteiger partial charge in [-0.15, -0.1) is 0 Å². The summed E-state index contributed by atoms with van der Waals surface area (Å²) in [5, 5.41) is 0. The van der Waals surface area contributed by atoms with Gasteiger partial charge in [-0.25, -0.2) is 0 Å². The molecule has 0 aliphatic heterocycles. The fourth-order valence-electron chi connectivity index (χ4n) is 2.11. The third kappa shape index (κ3) is 2.03. The quantitative estimate of drug-likeness (QED) is 0.691. The van der Waals surface area contributed by atoms with E-state index in [9.17, 15) is 0 Å². The van der Waals surface area contributed by atoms with E-state index in [2.05, 4.69) is 18.9 Å². The molecule has 1 saturated carbocycles. The summed E-state index contributed by atoms with van der Waals surface area (Å²) in [6.45, 7) is 6.86. The van der Waals surface area contributed by atoms with Gasteiger partial charge < -0.3 is 10.5 Å². The van der Waals surface area contributed by atoms with Crippen LogP contribution >= 0.6 is 0 Å². The van der Waals surface area contributed by atoms with E-state index in [1.54, 1.807) is 0 Å². The monoisotopic (exact) mass is 186 g/mol. The summed E-state index contributed by atoms with van der Waals surface area (Å²) in [5.41, 5.74) is 6.04. The van der Waals surface area contributed by atoms with Gasteiger partial charge in [0.15, 0.2) is 0 Å². The minimum absolute atomic E-state index is 0.231. The maximum absolute atomic E-state index is 5.81. The Hall–Kier alpha value is -0.120. The second-order valence-electron chi connectivity index (χ2n) is 3.93. The highest BCUT2D eigenvalue weighted by Crippen LogP contribution is 2.38. The molecule has 0 unspecified atom stereocenters. The van der Waals surface area contributed by atoms with Crippen molar-refractivity contribution in [2.24, 2.45) is 5.73 Å². The molecule has 0 aromatic rings. The Labute approximate surface area is 81.2 Å². The molecule has 0 saturated heterocycles. The van der Waals surface area contributed by atoms with Crippen LogP contribution in [0.3, 0.4) is 0 Å². The van der Waals surface area contributed by atoms with Gasteiger partial charge >= 0.3 is 0 Å². The molecule has 1 aliphatic rings. The molecular weight excluding hydrogens is 164 g/mol. The Morgan fingerprint density at radius 2 is 2.08 bits per heavy atom. The van der Waals surface area contributed by atoms with Crippen LogP contribution in [0.5, 0.6) is 0 Å². The number of ether oxygens (including phenoxy) is 1. The Morgan fingerprint density at radius 1 is 1.46 bits per heavy atom. The number of hydrogen-bond donors (Lipinski definition) is 1. The topological polar surface area (TPSA) is 38.5 Å². The van der Waals surface area contributed by atoms with E-state index in [-0.39, 0.29) is 5.54 Å². The van der Waals surface area contributed by atoms with Gasteiger partial charge in [0.05, 0.1) is 6.10 Å². The fourth-order valence-corrected chi connectivity index (χ4v) is 2.11. The van der Waals surface area contributed by atoms with Crippen LogP contribution in [0.25, 0.3) is 0 Å². The highest BCUT2D eigenvalue weighted by atomic mass is 16.5. The van der Waals surface area contributed by atoms with Gasteiger partial charge in [0.2, 0.25) is 0 Å². The van der Waals surface area contributed by atoms with Crippen LogP contribution in [0.15, 0.2) is 0 Å². The minimum Gasteiger partial charge on any atom is -0.378 e. The number of rotatable bonds is 5. The van der Waals surface area contributed by atoms with Crippen molar-refractivity contribution < 1.29 is 4.74 Å². The number of hydrogen-bond acceptors (Lipinski definition) is 3. The molecular formula is C10H22N2O. The maximum atomic E-state index is 5.81. The molecule has 3 heteroatoms. The Balaban J connectivity index is 2.40. The lowest BCUT2D eigenvalue weighted by molar-refractivity contribution is -0.0907. The zero-order valence-corrected chi connectivity index (χ0v) is 9.05. The summed E-state index contributed by atoms with van der Waals surface area (Å²) < 4.78 is 5.55. The van der Waals surface area contributed by atoms with Crippen LogP contribution in [0.1, 0.15) is 26.7 Å². The van der Waals surface area contributed by atoms with Crippen molar-refractivity contribution in [2.75, 3.05) is 26.7 Å². The summed E-state index contributed by atoms with van der Waals surface area (Å²) in [6.07, 6.45) is 2.64. The average Bonchev–Trinajstić information content (AvgIpc) is 2.09. The molecule has 78 valence electrons. The molecule has 0 bridgehead atoms. The SMILES string of the molecule is CCOC1CC(CN)(N(C)CC)C1. The van der Waals surface area contributed by atoms with Gasteiger partial charge in [-0.2, -0.15) is 0 Å². The van der Waals surface area contributed by atoms with E-state index < -0.39 is 0 Å². The molecule has 1 fully saturated rings. The second kappa shape index (κ2) is 4.40. The zero-order chi connectivity index (χ0) is 9.90. The van der Waals surface area contributed by atoms with Gasteiger partial charge in [0.25, 0.3) is 0 Å². The number of nitrogens with zero attached hydrogens (tertiary/aromatic N) is 1. The molecule has 2 N–H and O–H groups in total. The molecule has 0 spiro atoms. The second-order valence-corrected chi connectivity index (χ2v) is 3.93. The lowest BCUT2D eigenvalue weighted by Gasteiger charge is -2.52. The molecule has 0 amide bonds. The van der Waals surface area contributed by atoms with Crippen molar-refractivity contribution in [1.29, 1.82) is 0 Å². The number of likely N-dealkylation sites (N-methyl/N-ethyl adjacent to an activating group) is 1. The standard InChI is InChI=1S/C10H22N2O/c1-4-12(3)10(8-11)6-9(7-10)13-5-2/h9H,4-8,11H2,1-3H3. The first-order valence-electron chi connectivity index (χ1n) is 5.21. The first-order chi connectivity index (χ1) is 6.18. The summed E-state index contributed by atoms with van der Waals surface area (Å²) >= 11 is 0. The van der Waals surface area contributed by atoms with E-state index in [0.29, 0.717) is 6.10 Å². The normalized spacial score (nSPS) is 33.5. The zero-order valence-electron chi connectivity index (χ0n) is 9.05. The van der Waals surface area contributed by atoms with Gasteiger partial charge in [-0.05, 0) is 33.4 Å². The van der Waals surface area contributed by atoms with Crippen LogP contribution < -0.4 is 5.73 Å². The lowest BCUT2D eigenvalue weighted by atomic mass is 9.73. The molecule has 13 heavy (non-hydrogen) atoms.